The molecule has 2 heterocycles. The molecule has 5 heteroatoms. The summed E-state index contributed by atoms with van der Waals surface area (Å²) >= 11 is 0. The average Bonchev–Trinajstić information content (AvgIpc) is 3.01. The van der Waals surface area contributed by atoms with E-state index in [0.717, 1.165) is 32.2 Å². The fourth-order valence-corrected chi connectivity index (χ4v) is 3.63. The van der Waals surface area contributed by atoms with Crippen LogP contribution in [0.5, 0.6) is 0 Å². The van der Waals surface area contributed by atoms with Gasteiger partial charge in [0.25, 0.3) is 0 Å². The Hall–Kier alpha value is -1.36. The number of ether oxygens (including phenoxy) is 1. The number of hydrogen-bond acceptors (Lipinski definition) is 3. The second kappa shape index (κ2) is 6.18. The topological polar surface area (TPSA) is 56.1 Å². The molecule has 1 N–H and O–H groups in total. The molecule has 1 aliphatic heterocycles. The Bertz CT molecular complexity index is 491. The van der Waals surface area contributed by atoms with E-state index in [9.17, 15) is 4.79 Å². The summed E-state index contributed by atoms with van der Waals surface area (Å²) in [4.78, 5) is 16.6. The highest BCUT2D eigenvalue weighted by atomic mass is 16.5. The van der Waals surface area contributed by atoms with Crippen molar-refractivity contribution in [2.75, 3.05) is 13.7 Å². The predicted molar refractivity (Wildman–Crippen MR) is 79.9 cm³/mol. The number of nitrogens with zero attached hydrogens (tertiary/aromatic N) is 2. The molecule has 5 nitrogen and oxygen atoms in total. The van der Waals surface area contributed by atoms with Crippen molar-refractivity contribution in [2.24, 2.45) is 5.92 Å². The number of methoxy groups -OCH3 is 1. The van der Waals surface area contributed by atoms with Gasteiger partial charge in [-0.25, -0.2) is 4.98 Å². The maximum absolute atomic E-state index is 12.4. The van der Waals surface area contributed by atoms with Gasteiger partial charge in [0, 0.05) is 32.1 Å². The first-order chi connectivity index (χ1) is 10.2. The summed E-state index contributed by atoms with van der Waals surface area (Å²) in [5.41, 5.74) is 1.10. The number of fused-ring (bicyclic) bond motifs is 1. The number of amides is 1. The molecule has 0 radical (unpaired) electrons. The lowest BCUT2D eigenvalue weighted by Gasteiger charge is -2.36. The third-order valence-corrected chi connectivity index (χ3v) is 5.12. The third-order valence-electron chi connectivity index (χ3n) is 5.12. The number of carbonyl (C=O) groups is 1. The van der Waals surface area contributed by atoms with Gasteiger partial charge in [-0.05, 0) is 25.7 Å². The molecule has 0 bridgehead atoms. The van der Waals surface area contributed by atoms with Gasteiger partial charge >= 0.3 is 0 Å². The second-order valence-corrected chi connectivity index (χ2v) is 6.44. The van der Waals surface area contributed by atoms with Crippen molar-refractivity contribution in [3.63, 3.8) is 0 Å². The first kappa shape index (κ1) is 14.6. The number of imidazole rings is 1. The second-order valence-electron chi connectivity index (χ2n) is 6.44. The minimum absolute atomic E-state index is 0.0594. The van der Waals surface area contributed by atoms with Crippen molar-refractivity contribution in [1.29, 1.82) is 0 Å². The summed E-state index contributed by atoms with van der Waals surface area (Å²) in [5.74, 6) is 0.223. The normalized spacial score (nSPS) is 24.3. The van der Waals surface area contributed by atoms with Gasteiger partial charge in [-0.2, -0.15) is 0 Å². The number of nitrogens with one attached hydrogen (secondary N) is 1. The largest absolute Gasteiger partial charge is 0.376 e. The van der Waals surface area contributed by atoms with Crippen LogP contribution in [-0.4, -0.2) is 34.7 Å². The zero-order valence-electron chi connectivity index (χ0n) is 12.8. The summed E-state index contributed by atoms with van der Waals surface area (Å²) in [7, 11) is 1.77. The van der Waals surface area contributed by atoms with Crippen molar-refractivity contribution in [3.8, 4) is 0 Å². The molecule has 1 saturated carbocycles. The van der Waals surface area contributed by atoms with Crippen molar-refractivity contribution < 1.29 is 9.53 Å². The van der Waals surface area contributed by atoms with Crippen molar-refractivity contribution in [1.82, 2.24) is 14.9 Å². The van der Waals surface area contributed by atoms with Gasteiger partial charge in [0.15, 0.2) is 0 Å². The quantitative estimate of drug-likeness (QED) is 0.922. The molecule has 21 heavy (non-hydrogen) atoms. The van der Waals surface area contributed by atoms with Gasteiger partial charge in [-0.15, -0.1) is 0 Å². The lowest BCUT2D eigenvalue weighted by molar-refractivity contribution is -0.128. The van der Waals surface area contributed by atoms with Crippen LogP contribution in [0.25, 0.3) is 0 Å². The molecular weight excluding hydrogens is 266 g/mol. The van der Waals surface area contributed by atoms with Gasteiger partial charge in [-0.3, -0.25) is 4.79 Å². The van der Waals surface area contributed by atoms with Crippen LogP contribution in [-0.2, 0) is 22.5 Å². The molecule has 0 saturated heterocycles. The first-order valence-electron chi connectivity index (χ1n) is 8.04. The predicted octanol–water partition coefficient (Wildman–Crippen LogP) is 1.91. The molecule has 1 fully saturated rings. The van der Waals surface area contributed by atoms with Crippen LogP contribution in [0.4, 0.5) is 0 Å². The molecule has 0 spiro atoms. The standard InChI is InChI=1S/C16H25N3O2/c1-21-16(7-3-2-4-8-16)11-18-15(20)13-5-6-14-9-17-12-19(14)10-13/h9,12-13H,2-8,10-11H2,1H3,(H,18,20). The Kier molecular flexibility index (Phi) is 4.29. The summed E-state index contributed by atoms with van der Waals surface area (Å²) in [6.07, 6.45) is 11.4. The van der Waals surface area contributed by atoms with Gasteiger partial charge < -0.3 is 14.6 Å². The maximum atomic E-state index is 12.4. The third kappa shape index (κ3) is 3.12. The molecule has 1 atom stereocenters. The van der Waals surface area contributed by atoms with Crippen molar-refractivity contribution in [2.45, 2.75) is 57.1 Å². The van der Waals surface area contributed by atoms with E-state index in [1.165, 1.54) is 25.0 Å². The molecule has 3 rings (SSSR count). The number of hydrogen-bond donors (Lipinski definition) is 1. The number of aryl methyl sites for hydroxylation is 1. The highest BCUT2D eigenvalue weighted by molar-refractivity contribution is 5.78. The lowest BCUT2D eigenvalue weighted by Crippen LogP contribution is -2.48. The Morgan fingerprint density at radius 1 is 1.48 bits per heavy atom. The zero-order valence-corrected chi connectivity index (χ0v) is 12.8. The van der Waals surface area contributed by atoms with Crippen LogP contribution >= 0.6 is 0 Å². The average molecular weight is 291 g/mol. The molecular formula is C16H25N3O2. The summed E-state index contributed by atoms with van der Waals surface area (Å²) in [6, 6.07) is 0. The molecule has 2 aliphatic rings. The zero-order chi connectivity index (χ0) is 14.7. The molecule has 1 aliphatic carbocycles. The maximum Gasteiger partial charge on any atom is 0.225 e. The monoisotopic (exact) mass is 291 g/mol. The fraction of sp³-hybridized carbons (Fsp3) is 0.750. The van der Waals surface area contributed by atoms with Crippen LogP contribution < -0.4 is 5.32 Å². The minimum atomic E-state index is -0.136. The van der Waals surface area contributed by atoms with Gasteiger partial charge in [-0.1, -0.05) is 19.3 Å². The van der Waals surface area contributed by atoms with Gasteiger partial charge in [0.05, 0.1) is 17.8 Å². The SMILES string of the molecule is COC1(CNC(=O)C2CCc3cncn3C2)CCCCC1. The highest BCUT2D eigenvalue weighted by Crippen LogP contribution is 2.30. The van der Waals surface area contributed by atoms with Gasteiger partial charge in [0.1, 0.15) is 0 Å². The number of rotatable bonds is 4. The fourth-order valence-electron chi connectivity index (χ4n) is 3.63. The van der Waals surface area contributed by atoms with E-state index < -0.39 is 0 Å². The van der Waals surface area contributed by atoms with E-state index in [0.29, 0.717) is 6.54 Å². The van der Waals surface area contributed by atoms with Crippen molar-refractivity contribution in [3.05, 3.63) is 18.2 Å². The van der Waals surface area contributed by atoms with Crippen LogP contribution in [0, 0.1) is 5.92 Å². The van der Waals surface area contributed by atoms with E-state index >= 15 is 0 Å². The minimum Gasteiger partial charge on any atom is -0.376 e. The molecule has 1 aromatic rings. The molecule has 0 aromatic carbocycles. The number of carbonyl (C=O) groups excluding carboxylic acids is 1. The Balaban J connectivity index is 1.54. The van der Waals surface area contributed by atoms with E-state index in [4.69, 9.17) is 4.74 Å². The molecule has 1 aromatic heterocycles. The molecule has 116 valence electrons. The molecule has 1 unspecified atom stereocenters. The van der Waals surface area contributed by atoms with Crippen molar-refractivity contribution >= 4 is 5.91 Å². The van der Waals surface area contributed by atoms with Gasteiger partial charge in [0.2, 0.25) is 5.91 Å². The van der Waals surface area contributed by atoms with E-state index in [-0.39, 0.29) is 17.4 Å². The smallest absolute Gasteiger partial charge is 0.225 e. The van der Waals surface area contributed by atoms with Crippen LogP contribution in [0.2, 0.25) is 0 Å². The summed E-state index contributed by atoms with van der Waals surface area (Å²) in [6.45, 7) is 1.40. The Morgan fingerprint density at radius 2 is 2.29 bits per heavy atom. The van der Waals surface area contributed by atoms with E-state index in [1.54, 1.807) is 7.11 Å². The summed E-state index contributed by atoms with van der Waals surface area (Å²) in [5, 5.41) is 3.14. The number of aromatic nitrogens is 2. The Labute approximate surface area is 126 Å². The summed E-state index contributed by atoms with van der Waals surface area (Å²) < 4.78 is 7.83. The van der Waals surface area contributed by atoms with Crippen LogP contribution in [0.1, 0.15) is 44.2 Å². The highest BCUT2D eigenvalue weighted by Gasteiger charge is 2.33. The molecule has 1 amide bonds. The lowest BCUT2D eigenvalue weighted by atomic mass is 9.84. The van der Waals surface area contributed by atoms with E-state index in [2.05, 4.69) is 14.9 Å². The van der Waals surface area contributed by atoms with E-state index in [1.807, 2.05) is 12.5 Å². The first-order valence-corrected chi connectivity index (χ1v) is 8.04. The Morgan fingerprint density at radius 3 is 3.05 bits per heavy atom. The van der Waals surface area contributed by atoms with Crippen LogP contribution in [0.3, 0.4) is 0 Å². The van der Waals surface area contributed by atoms with Crippen LogP contribution in [0.15, 0.2) is 12.5 Å².